The molecule has 1 N–H and O–H groups in total. The Kier molecular flexibility index (Phi) is 2.56. The van der Waals surface area contributed by atoms with E-state index in [2.05, 4.69) is 10.3 Å². The number of benzene rings is 1. The standard InChI is InChI=1S/C14H15FN2/c15-14(6-8-16-10-14)9-11-5-7-17-13-4-2-1-3-12(11)13/h1-5,7,16H,6,8-10H2. The Bertz CT molecular complexity index is 527. The van der Waals surface area contributed by atoms with Crippen LogP contribution in [0.2, 0.25) is 0 Å². The molecule has 0 bridgehead atoms. The van der Waals surface area contributed by atoms with Gasteiger partial charge in [-0.15, -0.1) is 0 Å². The van der Waals surface area contributed by atoms with Crippen LogP contribution < -0.4 is 5.32 Å². The van der Waals surface area contributed by atoms with Crippen molar-refractivity contribution in [2.45, 2.75) is 18.5 Å². The maximum Gasteiger partial charge on any atom is 0.128 e. The SMILES string of the molecule is FC1(Cc2ccnc3ccccc23)CCNC1. The average Bonchev–Trinajstić information content (AvgIpc) is 2.76. The van der Waals surface area contributed by atoms with Crippen molar-refractivity contribution in [3.8, 4) is 0 Å². The van der Waals surface area contributed by atoms with Crippen molar-refractivity contribution in [1.29, 1.82) is 0 Å². The van der Waals surface area contributed by atoms with E-state index in [0.29, 0.717) is 19.4 Å². The Morgan fingerprint density at radius 3 is 3.00 bits per heavy atom. The number of nitrogens with one attached hydrogen (secondary N) is 1. The van der Waals surface area contributed by atoms with E-state index in [1.807, 2.05) is 30.3 Å². The molecule has 0 amide bonds. The maximum atomic E-state index is 14.4. The van der Waals surface area contributed by atoms with Crippen molar-refractivity contribution in [2.24, 2.45) is 0 Å². The monoisotopic (exact) mass is 230 g/mol. The number of fused-ring (bicyclic) bond motifs is 1. The molecule has 2 nitrogen and oxygen atoms in total. The van der Waals surface area contributed by atoms with Crippen LogP contribution in [-0.2, 0) is 6.42 Å². The number of para-hydroxylation sites is 1. The summed E-state index contributed by atoms with van der Waals surface area (Å²) in [7, 11) is 0. The average molecular weight is 230 g/mol. The van der Waals surface area contributed by atoms with Gasteiger partial charge in [-0.3, -0.25) is 4.98 Å². The van der Waals surface area contributed by atoms with Crippen molar-refractivity contribution in [1.82, 2.24) is 10.3 Å². The van der Waals surface area contributed by atoms with Crippen LogP contribution in [0, 0.1) is 0 Å². The summed E-state index contributed by atoms with van der Waals surface area (Å²) in [6.45, 7) is 1.24. The lowest BCUT2D eigenvalue weighted by Crippen LogP contribution is -2.28. The smallest absolute Gasteiger partial charge is 0.128 e. The number of pyridine rings is 1. The van der Waals surface area contributed by atoms with Crippen LogP contribution in [0.3, 0.4) is 0 Å². The molecule has 2 heterocycles. The molecule has 0 spiro atoms. The molecule has 1 aliphatic heterocycles. The van der Waals surface area contributed by atoms with Gasteiger partial charge in [0, 0.05) is 24.5 Å². The predicted octanol–water partition coefficient (Wildman–Crippen LogP) is 2.48. The third-order valence-corrected chi connectivity index (χ3v) is 3.44. The maximum absolute atomic E-state index is 14.4. The molecular formula is C14H15FN2. The van der Waals surface area contributed by atoms with Gasteiger partial charge >= 0.3 is 0 Å². The number of nitrogens with zero attached hydrogens (tertiary/aromatic N) is 1. The zero-order chi connectivity index (χ0) is 11.7. The summed E-state index contributed by atoms with van der Waals surface area (Å²) >= 11 is 0. The van der Waals surface area contributed by atoms with E-state index in [0.717, 1.165) is 23.0 Å². The molecule has 1 fully saturated rings. The largest absolute Gasteiger partial charge is 0.313 e. The zero-order valence-corrected chi connectivity index (χ0v) is 9.62. The highest BCUT2D eigenvalue weighted by molar-refractivity contribution is 5.81. The van der Waals surface area contributed by atoms with Gasteiger partial charge in [0.1, 0.15) is 5.67 Å². The second kappa shape index (κ2) is 4.08. The number of alkyl halides is 1. The Hall–Kier alpha value is -1.48. The van der Waals surface area contributed by atoms with E-state index < -0.39 is 5.67 Å². The van der Waals surface area contributed by atoms with Crippen molar-refractivity contribution in [3.05, 3.63) is 42.1 Å². The molecular weight excluding hydrogens is 215 g/mol. The molecule has 2 aromatic rings. The molecule has 1 aromatic carbocycles. The summed E-state index contributed by atoms with van der Waals surface area (Å²) in [6.07, 6.45) is 2.84. The Morgan fingerprint density at radius 2 is 2.18 bits per heavy atom. The van der Waals surface area contributed by atoms with Crippen LogP contribution in [0.4, 0.5) is 4.39 Å². The highest BCUT2D eigenvalue weighted by Crippen LogP contribution is 2.27. The minimum Gasteiger partial charge on any atom is -0.313 e. The first-order valence-electron chi connectivity index (χ1n) is 5.99. The lowest BCUT2D eigenvalue weighted by Gasteiger charge is -2.18. The fourth-order valence-corrected chi connectivity index (χ4v) is 2.51. The minimum absolute atomic E-state index is 0.462. The first-order valence-corrected chi connectivity index (χ1v) is 5.99. The van der Waals surface area contributed by atoms with Crippen molar-refractivity contribution in [2.75, 3.05) is 13.1 Å². The molecule has 0 aliphatic carbocycles. The molecule has 3 heteroatoms. The van der Waals surface area contributed by atoms with Gasteiger partial charge in [0.05, 0.1) is 5.52 Å². The van der Waals surface area contributed by atoms with Gasteiger partial charge in [-0.2, -0.15) is 0 Å². The fourth-order valence-electron chi connectivity index (χ4n) is 2.51. The van der Waals surface area contributed by atoms with Crippen LogP contribution in [0.25, 0.3) is 10.9 Å². The van der Waals surface area contributed by atoms with Crippen LogP contribution in [0.15, 0.2) is 36.5 Å². The number of hydrogen-bond donors (Lipinski definition) is 1. The Morgan fingerprint density at radius 1 is 1.29 bits per heavy atom. The second-order valence-electron chi connectivity index (χ2n) is 4.74. The molecule has 1 atom stereocenters. The van der Waals surface area contributed by atoms with Gasteiger partial charge in [-0.05, 0) is 30.7 Å². The molecule has 0 radical (unpaired) electrons. The third-order valence-electron chi connectivity index (χ3n) is 3.44. The molecule has 1 aromatic heterocycles. The van der Waals surface area contributed by atoms with E-state index in [-0.39, 0.29) is 0 Å². The van der Waals surface area contributed by atoms with Gasteiger partial charge in [-0.1, -0.05) is 18.2 Å². The first kappa shape index (κ1) is 10.7. The summed E-state index contributed by atoms with van der Waals surface area (Å²) in [4.78, 5) is 4.30. The molecule has 1 unspecified atom stereocenters. The van der Waals surface area contributed by atoms with Gasteiger partial charge in [0.15, 0.2) is 0 Å². The van der Waals surface area contributed by atoms with E-state index in [1.54, 1.807) is 6.20 Å². The summed E-state index contributed by atoms with van der Waals surface area (Å²) in [5.74, 6) is 0. The Labute approximate surface area is 99.9 Å². The van der Waals surface area contributed by atoms with E-state index in [9.17, 15) is 4.39 Å². The van der Waals surface area contributed by atoms with Crippen LogP contribution in [0.1, 0.15) is 12.0 Å². The highest BCUT2D eigenvalue weighted by Gasteiger charge is 2.33. The van der Waals surface area contributed by atoms with E-state index in [4.69, 9.17) is 0 Å². The van der Waals surface area contributed by atoms with Gasteiger partial charge < -0.3 is 5.32 Å². The Balaban J connectivity index is 2.00. The fraction of sp³-hybridized carbons (Fsp3) is 0.357. The topological polar surface area (TPSA) is 24.9 Å². The quantitative estimate of drug-likeness (QED) is 0.857. The summed E-state index contributed by atoms with van der Waals surface area (Å²) < 4.78 is 14.4. The van der Waals surface area contributed by atoms with E-state index >= 15 is 0 Å². The summed E-state index contributed by atoms with van der Waals surface area (Å²) in [6, 6.07) is 9.86. The number of rotatable bonds is 2. The molecule has 17 heavy (non-hydrogen) atoms. The minimum atomic E-state index is -1.09. The lowest BCUT2D eigenvalue weighted by atomic mass is 9.93. The summed E-state index contributed by atoms with van der Waals surface area (Å²) in [5.41, 5.74) is 0.908. The van der Waals surface area contributed by atoms with Crippen molar-refractivity contribution in [3.63, 3.8) is 0 Å². The van der Waals surface area contributed by atoms with Gasteiger partial charge in [-0.25, -0.2) is 4.39 Å². The third kappa shape index (κ3) is 2.03. The summed E-state index contributed by atoms with van der Waals surface area (Å²) in [5, 5.41) is 4.16. The normalized spacial score (nSPS) is 24.3. The second-order valence-corrected chi connectivity index (χ2v) is 4.74. The van der Waals surface area contributed by atoms with Gasteiger partial charge in [0.2, 0.25) is 0 Å². The van der Waals surface area contributed by atoms with Crippen LogP contribution in [-0.4, -0.2) is 23.7 Å². The molecule has 1 saturated heterocycles. The van der Waals surface area contributed by atoms with Crippen LogP contribution in [0.5, 0.6) is 0 Å². The first-order chi connectivity index (χ1) is 8.27. The predicted molar refractivity (Wildman–Crippen MR) is 66.8 cm³/mol. The molecule has 88 valence electrons. The lowest BCUT2D eigenvalue weighted by molar-refractivity contribution is 0.191. The van der Waals surface area contributed by atoms with Crippen molar-refractivity contribution >= 4 is 10.9 Å². The number of halogens is 1. The number of aromatic nitrogens is 1. The molecule has 1 aliphatic rings. The highest BCUT2D eigenvalue weighted by atomic mass is 19.1. The van der Waals surface area contributed by atoms with Crippen LogP contribution >= 0.6 is 0 Å². The van der Waals surface area contributed by atoms with Gasteiger partial charge in [0.25, 0.3) is 0 Å². The molecule has 0 saturated carbocycles. The van der Waals surface area contributed by atoms with Crippen molar-refractivity contribution < 1.29 is 4.39 Å². The van der Waals surface area contributed by atoms with E-state index in [1.165, 1.54) is 0 Å². The number of hydrogen-bond acceptors (Lipinski definition) is 2. The zero-order valence-electron chi connectivity index (χ0n) is 9.62. The molecule has 3 rings (SSSR count).